The Balaban J connectivity index is 4.29. The highest BCUT2D eigenvalue weighted by atomic mass is 16.7. The predicted molar refractivity (Wildman–Crippen MR) is 85.0 cm³/mol. The molecule has 122 valence electrons. The Hall–Kier alpha value is -1.13. The molecule has 4 nitrogen and oxygen atoms in total. The van der Waals surface area contributed by atoms with Gasteiger partial charge in [0.05, 0.1) is 12.2 Å². The third kappa shape index (κ3) is 8.68. The lowest BCUT2D eigenvalue weighted by molar-refractivity contribution is -0.157. The lowest BCUT2D eigenvalue weighted by atomic mass is 9.92. The van der Waals surface area contributed by atoms with Gasteiger partial charge in [-0.1, -0.05) is 32.9 Å². The van der Waals surface area contributed by atoms with Gasteiger partial charge < -0.3 is 14.2 Å². The molecular formula is C17H30O4. The first-order chi connectivity index (χ1) is 10.0. The number of hydrogen-bond donors (Lipinski definition) is 0. The van der Waals surface area contributed by atoms with Gasteiger partial charge in [0.1, 0.15) is 6.79 Å². The molecule has 0 aromatic carbocycles. The topological polar surface area (TPSA) is 44.8 Å². The average Bonchev–Trinajstić information content (AvgIpc) is 2.46. The van der Waals surface area contributed by atoms with Crippen LogP contribution in [0.2, 0.25) is 0 Å². The van der Waals surface area contributed by atoms with Crippen molar-refractivity contribution >= 4 is 5.97 Å². The normalized spacial score (nSPS) is 13.5. The van der Waals surface area contributed by atoms with Crippen molar-refractivity contribution < 1.29 is 19.0 Å². The Kier molecular flexibility index (Phi) is 10.9. The number of esters is 1. The zero-order chi connectivity index (χ0) is 16.1. The Bertz CT molecular complexity index is 325. The Morgan fingerprint density at radius 3 is 2.52 bits per heavy atom. The van der Waals surface area contributed by atoms with E-state index in [1.54, 1.807) is 6.92 Å². The van der Waals surface area contributed by atoms with Gasteiger partial charge in [0.25, 0.3) is 0 Å². The molecule has 0 N–H and O–H groups in total. The molecule has 1 unspecified atom stereocenters. The van der Waals surface area contributed by atoms with Crippen molar-refractivity contribution in [3.8, 4) is 0 Å². The van der Waals surface area contributed by atoms with Crippen LogP contribution in [0.15, 0.2) is 24.8 Å². The highest BCUT2D eigenvalue weighted by Crippen LogP contribution is 2.26. The summed E-state index contributed by atoms with van der Waals surface area (Å²) in [5, 5.41) is 0. The summed E-state index contributed by atoms with van der Waals surface area (Å²) >= 11 is 0. The second kappa shape index (κ2) is 11.5. The van der Waals surface area contributed by atoms with Gasteiger partial charge in [-0.25, -0.2) is 4.79 Å². The van der Waals surface area contributed by atoms with E-state index in [2.05, 4.69) is 27.0 Å². The smallest absolute Gasteiger partial charge is 0.333 e. The van der Waals surface area contributed by atoms with Crippen molar-refractivity contribution in [1.82, 2.24) is 0 Å². The van der Waals surface area contributed by atoms with Crippen LogP contribution in [0, 0.1) is 0 Å². The van der Waals surface area contributed by atoms with Crippen molar-refractivity contribution in [3.05, 3.63) is 24.8 Å². The lowest BCUT2D eigenvalue weighted by Gasteiger charge is -2.31. The third-order valence-corrected chi connectivity index (χ3v) is 3.39. The molecule has 0 saturated carbocycles. The Morgan fingerprint density at radius 1 is 1.29 bits per heavy atom. The van der Waals surface area contributed by atoms with Crippen molar-refractivity contribution in [2.45, 2.75) is 58.5 Å². The van der Waals surface area contributed by atoms with Crippen LogP contribution in [0.5, 0.6) is 0 Å². The van der Waals surface area contributed by atoms with Gasteiger partial charge >= 0.3 is 5.97 Å². The van der Waals surface area contributed by atoms with E-state index >= 15 is 0 Å². The zero-order valence-electron chi connectivity index (χ0n) is 13.8. The molecule has 4 heteroatoms. The highest BCUT2D eigenvalue weighted by Gasteiger charge is 2.28. The second-order valence-electron chi connectivity index (χ2n) is 5.22. The summed E-state index contributed by atoms with van der Waals surface area (Å²) in [4.78, 5) is 11.4. The largest absolute Gasteiger partial charge is 0.462 e. The molecule has 0 rings (SSSR count). The summed E-state index contributed by atoms with van der Waals surface area (Å²) in [6, 6.07) is 0. The minimum Gasteiger partial charge on any atom is -0.462 e. The minimum absolute atomic E-state index is 0.260. The Labute approximate surface area is 129 Å². The van der Waals surface area contributed by atoms with Crippen LogP contribution in [-0.2, 0) is 19.0 Å². The first kappa shape index (κ1) is 19.9. The van der Waals surface area contributed by atoms with E-state index in [0.717, 1.165) is 19.3 Å². The molecule has 0 bridgehead atoms. The molecule has 0 heterocycles. The third-order valence-electron chi connectivity index (χ3n) is 3.39. The van der Waals surface area contributed by atoms with Crippen LogP contribution < -0.4 is 0 Å². The number of ether oxygens (including phenoxy) is 3. The van der Waals surface area contributed by atoms with Gasteiger partial charge in [0.15, 0.2) is 0 Å². The van der Waals surface area contributed by atoms with E-state index in [9.17, 15) is 4.79 Å². The standard InChI is InChI=1S/C17H30O4/c1-6-9-12-19-14-21-17(8-3,10-7-2)11-13-20-16(18)15(4)5/h7H,2,4,6,8-14H2,1,3,5H3. The first-order valence-electron chi connectivity index (χ1n) is 7.66. The first-order valence-corrected chi connectivity index (χ1v) is 7.66. The zero-order valence-corrected chi connectivity index (χ0v) is 13.8. The summed E-state index contributed by atoms with van der Waals surface area (Å²) in [6.07, 6.45) is 6.08. The molecule has 0 aliphatic carbocycles. The summed E-state index contributed by atoms with van der Waals surface area (Å²) in [7, 11) is 0. The molecule has 0 saturated heterocycles. The van der Waals surface area contributed by atoms with E-state index in [1.165, 1.54) is 0 Å². The monoisotopic (exact) mass is 298 g/mol. The molecule has 0 radical (unpaired) electrons. The minimum atomic E-state index is -0.386. The van der Waals surface area contributed by atoms with E-state index in [4.69, 9.17) is 14.2 Å². The number of rotatable bonds is 13. The molecule has 21 heavy (non-hydrogen) atoms. The van der Waals surface area contributed by atoms with Gasteiger partial charge in [-0.3, -0.25) is 0 Å². The van der Waals surface area contributed by atoms with Crippen molar-refractivity contribution in [3.63, 3.8) is 0 Å². The van der Waals surface area contributed by atoms with Crippen LogP contribution in [0.4, 0.5) is 0 Å². The molecule has 0 fully saturated rings. The molecule has 1 atom stereocenters. The fourth-order valence-corrected chi connectivity index (χ4v) is 1.84. The summed E-state index contributed by atoms with van der Waals surface area (Å²) in [6.45, 7) is 14.4. The summed E-state index contributed by atoms with van der Waals surface area (Å²) in [5.41, 5.74) is 0.0215. The van der Waals surface area contributed by atoms with Gasteiger partial charge in [0.2, 0.25) is 0 Å². The fraction of sp³-hybridized carbons (Fsp3) is 0.706. The Morgan fingerprint density at radius 2 is 2.00 bits per heavy atom. The maximum atomic E-state index is 11.4. The van der Waals surface area contributed by atoms with Gasteiger partial charge in [-0.15, -0.1) is 6.58 Å². The molecule has 0 aromatic heterocycles. The maximum Gasteiger partial charge on any atom is 0.333 e. The number of hydrogen-bond acceptors (Lipinski definition) is 4. The van der Waals surface area contributed by atoms with Gasteiger partial charge in [0, 0.05) is 18.6 Å². The molecule has 0 amide bonds. The van der Waals surface area contributed by atoms with E-state index in [1.807, 2.05) is 6.08 Å². The van der Waals surface area contributed by atoms with Crippen LogP contribution in [0.25, 0.3) is 0 Å². The lowest BCUT2D eigenvalue weighted by Crippen LogP contribution is -2.34. The van der Waals surface area contributed by atoms with Crippen LogP contribution in [0.1, 0.15) is 52.9 Å². The maximum absolute atomic E-state index is 11.4. The number of carbonyl (C=O) groups excluding carboxylic acids is 1. The highest BCUT2D eigenvalue weighted by molar-refractivity contribution is 5.86. The molecular weight excluding hydrogens is 268 g/mol. The van der Waals surface area contributed by atoms with Gasteiger partial charge in [-0.2, -0.15) is 0 Å². The van der Waals surface area contributed by atoms with Crippen molar-refractivity contribution in [1.29, 1.82) is 0 Å². The van der Waals surface area contributed by atoms with E-state index in [-0.39, 0.29) is 18.4 Å². The van der Waals surface area contributed by atoms with Crippen LogP contribution in [0.3, 0.4) is 0 Å². The van der Waals surface area contributed by atoms with Crippen LogP contribution in [-0.4, -0.2) is 31.6 Å². The SMILES string of the molecule is C=CCC(CC)(CCOC(=O)C(=C)C)OCOCCCC. The second-order valence-corrected chi connectivity index (χ2v) is 5.22. The number of unbranched alkanes of at least 4 members (excludes halogenated alkanes) is 1. The fourth-order valence-electron chi connectivity index (χ4n) is 1.84. The van der Waals surface area contributed by atoms with Crippen LogP contribution >= 0.6 is 0 Å². The predicted octanol–water partition coefficient (Wildman–Crippen LogP) is 4.01. The quantitative estimate of drug-likeness (QED) is 0.169. The van der Waals surface area contributed by atoms with Crippen molar-refractivity contribution in [2.24, 2.45) is 0 Å². The molecule has 0 aliphatic heterocycles. The summed E-state index contributed by atoms with van der Waals surface area (Å²) < 4.78 is 16.5. The van der Waals surface area contributed by atoms with E-state index < -0.39 is 0 Å². The average molecular weight is 298 g/mol. The molecule has 0 aromatic rings. The number of carbonyl (C=O) groups is 1. The summed E-state index contributed by atoms with van der Waals surface area (Å²) in [5.74, 6) is -0.363. The molecule has 0 spiro atoms. The van der Waals surface area contributed by atoms with E-state index in [0.29, 0.717) is 31.6 Å². The van der Waals surface area contributed by atoms with Gasteiger partial charge in [-0.05, 0) is 26.2 Å². The van der Waals surface area contributed by atoms with Crippen molar-refractivity contribution in [2.75, 3.05) is 20.0 Å². The molecule has 0 aliphatic rings.